The highest BCUT2D eigenvalue weighted by Crippen LogP contribution is 2.13. The molecule has 110 valence electrons. The maximum absolute atomic E-state index is 13.4. The van der Waals surface area contributed by atoms with Crippen LogP contribution in [0, 0.1) is 11.7 Å². The quantitative estimate of drug-likeness (QED) is 0.806. The molecule has 4 nitrogen and oxygen atoms in total. The molecule has 0 fully saturated rings. The normalized spacial score (nSPS) is 13.6. The maximum atomic E-state index is 13.4. The van der Waals surface area contributed by atoms with Gasteiger partial charge in [0.1, 0.15) is 5.82 Å². The molecule has 0 bridgehead atoms. The van der Waals surface area contributed by atoms with Gasteiger partial charge in [-0.05, 0) is 31.4 Å². The van der Waals surface area contributed by atoms with E-state index in [0.29, 0.717) is 18.4 Å². The first kappa shape index (κ1) is 16.1. The highest BCUT2D eigenvalue weighted by Gasteiger charge is 2.17. The van der Waals surface area contributed by atoms with Crippen molar-refractivity contribution in [2.75, 3.05) is 0 Å². The fraction of sp³-hybridized carbons (Fsp3) is 0.467. The minimum absolute atomic E-state index is 0.105. The monoisotopic (exact) mass is 281 g/mol. The Bertz CT molecular complexity index is 476. The van der Waals surface area contributed by atoms with E-state index in [2.05, 4.69) is 5.32 Å². The zero-order valence-corrected chi connectivity index (χ0v) is 11.7. The number of carbonyl (C=O) groups is 2. The minimum Gasteiger partial charge on any atom is -0.481 e. The summed E-state index contributed by atoms with van der Waals surface area (Å²) in [6.45, 7) is 3.40. The average molecular weight is 281 g/mol. The van der Waals surface area contributed by atoms with Crippen molar-refractivity contribution in [1.82, 2.24) is 5.32 Å². The molecule has 0 heterocycles. The van der Waals surface area contributed by atoms with Gasteiger partial charge in [-0.15, -0.1) is 0 Å². The summed E-state index contributed by atoms with van der Waals surface area (Å²) < 4.78 is 13.4. The fourth-order valence-corrected chi connectivity index (χ4v) is 1.90. The molecular weight excluding hydrogens is 261 g/mol. The van der Waals surface area contributed by atoms with Crippen molar-refractivity contribution in [2.45, 2.75) is 39.2 Å². The average Bonchev–Trinajstić information content (AvgIpc) is 2.36. The van der Waals surface area contributed by atoms with Gasteiger partial charge in [0.15, 0.2) is 0 Å². The van der Waals surface area contributed by atoms with Gasteiger partial charge < -0.3 is 10.4 Å². The number of rotatable bonds is 7. The largest absolute Gasteiger partial charge is 0.481 e. The minimum atomic E-state index is -0.947. The van der Waals surface area contributed by atoms with Gasteiger partial charge in [-0.25, -0.2) is 4.39 Å². The van der Waals surface area contributed by atoms with E-state index in [0.717, 1.165) is 0 Å². The molecule has 0 saturated carbocycles. The summed E-state index contributed by atoms with van der Waals surface area (Å²) >= 11 is 0. The first-order valence-electron chi connectivity index (χ1n) is 6.65. The number of carboxylic acid groups (broad SMARTS) is 1. The fourth-order valence-electron chi connectivity index (χ4n) is 1.90. The lowest BCUT2D eigenvalue weighted by atomic mass is 9.99. The van der Waals surface area contributed by atoms with Crippen LogP contribution in [0.2, 0.25) is 0 Å². The van der Waals surface area contributed by atoms with Crippen LogP contribution in [-0.2, 0) is 16.0 Å². The second-order valence-corrected chi connectivity index (χ2v) is 5.04. The lowest BCUT2D eigenvalue weighted by Crippen LogP contribution is -2.37. The number of amides is 1. The van der Waals surface area contributed by atoms with Gasteiger partial charge in [-0.2, -0.15) is 0 Å². The van der Waals surface area contributed by atoms with E-state index in [1.807, 2.05) is 0 Å². The Morgan fingerprint density at radius 1 is 1.30 bits per heavy atom. The number of hydrogen-bond acceptors (Lipinski definition) is 2. The van der Waals surface area contributed by atoms with Crippen molar-refractivity contribution in [3.8, 4) is 0 Å². The van der Waals surface area contributed by atoms with E-state index in [1.54, 1.807) is 32.0 Å². The summed E-state index contributed by atoms with van der Waals surface area (Å²) in [4.78, 5) is 22.4. The Labute approximate surface area is 118 Å². The van der Waals surface area contributed by atoms with E-state index in [9.17, 15) is 14.0 Å². The SMILES string of the molecule is C[C@@H](CC(=O)O)NC(=O)[C@@H](C)CCc1ccccc1F. The molecule has 0 aliphatic rings. The zero-order valence-electron chi connectivity index (χ0n) is 11.7. The summed E-state index contributed by atoms with van der Waals surface area (Å²) in [5, 5.41) is 11.3. The van der Waals surface area contributed by atoms with Crippen LogP contribution in [0.3, 0.4) is 0 Å². The maximum Gasteiger partial charge on any atom is 0.305 e. The molecule has 1 aromatic carbocycles. The third-order valence-electron chi connectivity index (χ3n) is 3.12. The number of hydrogen-bond donors (Lipinski definition) is 2. The first-order valence-corrected chi connectivity index (χ1v) is 6.65. The number of aliphatic carboxylic acids is 1. The Kier molecular flexibility index (Phi) is 6.15. The molecule has 2 N–H and O–H groups in total. The molecule has 0 aliphatic heterocycles. The summed E-state index contributed by atoms with van der Waals surface area (Å²) in [5.41, 5.74) is 0.589. The predicted octanol–water partition coefficient (Wildman–Crippen LogP) is 2.37. The van der Waals surface area contributed by atoms with Crippen LogP contribution in [0.4, 0.5) is 4.39 Å². The van der Waals surface area contributed by atoms with Crippen molar-refractivity contribution in [3.63, 3.8) is 0 Å². The van der Waals surface area contributed by atoms with Gasteiger partial charge >= 0.3 is 5.97 Å². The van der Waals surface area contributed by atoms with Gasteiger partial charge in [0.05, 0.1) is 6.42 Å². The van der Waals surface area contributed by atoms with E-state index in [1.165, 1.54) is 6.07 Å². The van der Waals surface area contributed by atoms with Crippen LogP contribution in [0.15, 0.2) is 24.3 Å². The standard InChI is InChI=1S/C15H20FNO3/c1-10(15(20)17-11(2)9-14(18)19)7-8-12-5-3-4-6-13(12)16/h3-6,10-11H,7-9H2,1-2H3,(H,17,20)(H,18,19)/t10-,11-/m0/s1. The van der Waals surface area contributed by atoms with Crippen LogP contribution < -0.4 is 5.32 Å². The molecule has 0 radical (unpaired) electrons. The number of nitrogens with one attached hydrogen (secondary N) is 1. The summed E-state index contributed by atoms with van der Waals surface area (Å²) in [5.74, 6) is -1.70. The molecular formula is C15H20FNO3. The summed E-state index contributed by atoms with van der Waals surface area (Å²) in [7, 11) is 0. The lowest BCUT2D eigenvalue weighted by Gasteiger charge is -2.16. The molecule has 2 atom stereocenters. The molecule has 0 unspecified atom stereocenters. The molecule has 1 aromatic rings. The zero-order chi connectivity index (χ0) is 15.1. The Hall–Kier alpha value is -1.91. The number of aryl methyl sites for hydroxylation is 1. The molecule has 1 amide bonds. The van der Waals surface area contributed by atoms with Gasteiger partial charge in [0, 0.05) is 12.0 Å². The van der Waals surface area contributed by atoms with Crippen molar-refractivity contribution in [2.24, 2.45) is 5.92 Å². The Morgan fingerprint density at radius 2 is 1.95 bits per heavy atom. The highest BCUT2D eigenvalue weighted by molar-refractivity contribution is 5.79. The van der Waals surface area contributed by atoms with Crippen LogP contribution in [0.1, 0.15) is 32.3 Å². The van der Waals surface area contributed by atoms with Crippen molar-refractivity contribution >= 4 is 11.9 Å². The van der Waals surface area contributed by atoms with Crippen LogP contribution in [-0.4, -0.2) is 23.0 Å². The Balaban J connectivity index is 2.42. The van der Waals surface area contributed by atoms with Crippen LogP contribution >= 0.6 is 0 Å². The molecule has 0 spiro atoms. The topological polar surface area (TPSA) is 66.4 Å². The van der Waals surface area contributed by atoms with Gasteiger partial charge in [0.25, 0.3) is 0 Å². The third kappa shape index (κ3) is 5.38. The number of halogens is 1. The van der Waals surface area contributed by atoms with Gasteiger partial charge in [-0.1, -0.05) is 25.1 Å². The lowest BCUT2D eigenvalue weighted by molar-refractivity contribution is -0.137. The van der Waals surface area contributed by atoms with Gasteiger partial charge in [0.2, 0.25) is 5.91 Å². The smallest absolute Gasteiger partial charge is 0.305 e. The molecule has 0 saturated heterocycles. The summed E-state index contributed by atoms with van der Waals surface area (Å²) in [6, 6.07) is 6.08. The second kappa shape index (κ2) is 7.62. The molecule has 5 heteroatoms. The van der Waals surface area contributed by atoms with E-state index < -0.39 is 12.0 Å². The Morgan fingerprint density at radius 3 is 2.55 bits per heavy atom. The van der Waals surface area contributed by atoms with Gasteiger partial charge in [-0.3, -0.25) is 9.59 Å². The van der Waals surface area contributed by atoms with E-state index in [-0.39, 0.29) is 24.1 Å². The molecule has 0 aliphatic carbocycles. The molecule has 0 aromatic heterocycles. The van der Waals surface area contributed by atoms with Crippen molar-refractivity contribution in [1.29, 1.82) is 0 Å². The molecule has 1 rings (SSSR count). The van der Waals surface area contributed by atoms with Crippen LogP contribution in [0.5, 0.6) is 0 Å². The number of carboxylic acids is 1. The van der Waals surface area contributed by atoms with Crippen LogP contribution in [0.25, 0.3) is 0 Å². The van der Waals surface area contributed by atoms with Crippen molar-refractivity contribution in [3.05, 3.63) is 35.6 Å². The third-order valence-corrected chi connectivity index (χ3v) is 3.12. The predicted molar refractivity (Wildman–Crippen MR) is 73.7 cm³/mol. The van der Waals surface area contributed by atoms with E-state index >= 15 is 0 Å². The van der Waals surface area contributed by atoms with E-state index in [4.69, 9.17) is 5.11 Å². The summed E-state index contributed by atoms with van der Waals surface area (Å²) in [6.07, 6.45) is 0.896. The second-order valence-electron chi connectivity index (χ2n) is 5.04. The highest BCUT2D eigenvalue weighted by atomic mass is 19.1. The first-order chi connectivity index (χ1) is 9.40. The number of benzene rings is 1. The van der Waals surface area contributed by atoms with Crippen molar-refractivity contribution < 1.29 is 19.1 Å². The molecule has 20 heavy (non-hydrogen) atoms. The number of carbonyl (C=O) groups excluding carboxylic acids is 1.